The van der Waals surface area contributed by atoms with Crippen LogP contribution < -0.4 is 4.74 Å². The van der Waals surface area contributed by atoms with Gasteiger partial charge in [-0.25, -0.2) is 4.79 Å². The van der Waals surface area contributed by atoms with Gasteiger partial charge in [-0.1, -0.05) is 19.1 Å². The molecule has 0 aliphatic heterocycles. The van der Waals surface area contributed by atoms with E-state index in [2.05, 4.69) is 18.0 Å². The fraction of sp³-hybridized carbons (Fsp3) is 0.500. The second kappa shape index (κ2) is 7.72. The van der Waals surface area contributed by atoms with E-state index in [-0.39, 0.29) is 6.09 Å². The van der Waals surface area contributed by atoms with Crippen molar-refractivity contribution in [1.82, 2.24) is 9.88 Å². The molecule has 0 N–H and O–H groups in total. The number of ether oxygens (including phenoxy) is 2. The number of aryl methyl sites for hydroxylation is 1. The Bertz CT molecular complexity index is 750. The zero-order valence-electron chi connectivity index (χ0n) is 16.0. The summed E-state index contributed by atoms with van der Waals surface area (Å²) in [5.41, 5.74) is 2.68. The van der Waals surface area contributed by atoms with Crippen LogP contribution in [0, 0.1) is 0 Å². The molecule has 1 amide bonds. The molecule has 5 nitrogen and oxygen atoms in total. The zero-order chi connectivity index (χ0) is 18.6. The molecule has 2 rings (SSSR count). The maximum absolute atomic E-state index is 12.1. The number of benzene rings is 1. The number of methoxy groups -OCH3 is 1. The first kappa shape index (κ1) is 19.0. The molecular formula is C20H28N2O3. The topological polar surface area (TPSA) is 51.7 Å². The number of carbonyl (C=O) groups excluding carboxylic acids is 1. The summed E-state index contributed by atoms with van der Waals surface area (Å²) >= 11 is 0. The number of rotatable bonds is 5. The van der Waals surface area contributed by atoms with Gasteiger partial charge < -0.3 is 14.4 Å². The van der Waals surface area contributed by atoms with Crippen molar-refractivity contribution in [3.05, 3.63) is 35.5 Å². The molecule has 0 radical (unpaired) electrons. The van der Waals surface area contributed by atoms with Crippen molar-refractivity contribution in [3.8, 4) is 5.75 Å². The summed E-state index contributed by atoms with van der Waals surface area (Å²) in [6.45, 7) is 8.29. The number of pyridine rings is 1. The predicted molar refractivity (Wildman–Crippen MR) is 100 cm³/mol. The summed E-state index contributed by atoms with van der Waals surface area (Å²) < 4.78 is 11.0. The average molecular weight is 344 g/mol. The van der Waals surface area contributed by atoms with Crippen molar-refractivity contribution < 1.29 is 14.3 Å². The zero-order valence-corrected chi connectivity index (χ0v) is 16.0. The van der Waals surface area contributed by atoms with Crippen LogP contribution in [0.15, 0.2) is 24.4 Å². The Balaban J connectivity index is 2.25. The third-order valence-corrected chi connectivity index (χ3v) is 4.02. The molecule has 136 valence electrons. The van der Waals surface area contributed by atoms with E-state index in [1.54, 1.807) is 25.3 Å². The van der Waals surface area contributed by atoms with Crippen molar-refractivity contribution in [2.75, 3.05) is 20.7 Å². The molecular weight excluding hydrogens is 316 g/mol. The summed E-state index contributed by atoms with van der Waals surface area (Å²) in [6.07, 6.45) is 3.07. The van der Waals surface area contributed by atoms with Crippen LogP contribution in [-0.2, 0) is 17.6 Å². The number of carbonyl (C=O) groups is 1. The summed E-state index contributed by atoms with van der Waals surface area (Å²) in [6, 6.07) is 6.13. The second-order valence-corrected chi connectivity index (χ2v) is 7.13. The second-order valence-electron chi connectivity index (χ2n) is 7.13. The number of hydrogen-bond acceptors (Lipinski definition) is 4. The summed E-state index contributed by atoms with van der Waals surface area (Å²) in [4.78, 5) is 18.3. The van der Waals surface area contributed by atoms with E-state index < -0.39 is 5.60 Å². The first-order valence-electron chi connectivity index (χ1n) is 8.64. The van der Waals surface area contributed by atoms with Gasteiger partial charge in [0, 0.05) is 25.2 Å². The summed E-state index contributed by atoms with van der Waals surface area (Å²) in [7, 11) is 3.44. The Morgan fingerprint density at radius 3 is 2.60 bits per heavy atom. The van der Waals surface area contributed by atoms with E-state index in [4.69, 9.17) is 9.47 Å². The lowest BCUT2D eigenvalue weighted by molar-refractivity contribution is 0.0301. The Labute approximate surface area is 149 Å². The molecule has 0 saturated carbocycles. The van der Waals surface area contributed by atoms with Gasteiger partial charge in [-0.3, -0.25) is 4.98 Å². The van der Waals surface area contributed by atoms with Crippen LogP contribution in [0.2, 0.25) is 0 Å². The maximum Gasteiger partial charge on any atom is 0.410 e. The van der Waals surface area contributed by atoms with Crippen LogP contribution in [-0.4, -0.2) is 42.3 Å². The largest absolute Gasteiger partial charge is 0.494 e. The lowest BCUT2D eigenvalue weighted by atomic mass is 9.99. The minimum Gasteiger partial charge on any atom is -0.494 e. The molecule has 25 heavy (non-hydrogen) atoms. The van der Waals surface area contributed by atoms with Crippen LogP contribution in [0.1, 0.15) is 38.8 Å². The van der Waals surface area contributed by atoms with E-state index in [1.165, 1.54) is 0 Å². The highest BCUT2D eigenvalue weighted by Gasteiger charge is 2.20. The molecule has 0 fully saturated rings. The van der Waals surface area contributed by atoms with Crippen LogP contribution in [0.25, 0.3) is 10.9 Å². The molecule has 1 aromatic carbocycles. The number of likely N-dealkylation sites (N-methyl/N-ethyl adjacent to an activating group) is 1. The van der Waals surface area contributed by atoms with Gasteiger partial charge in [0.15, 0.2) is 0 Å². The Morgan fingerprint density at radius 2 is 2.00 bits per heavy atom. The fourth-order valence-corrected chi connectivity index (χ4v) is 2.77. The number of hydrogen-bond donors (Lipinski definition) is 0. The van der Waals surface area contributed by atoms with Crippen LogP contribution in [0.3, 0.4) is 0 Å². The van der Waals surface area contributed by atoms with Crippen molar-refractivity contribution in [2.45, 2.75) is 46.1 Å². The van der Waals surface area contributed by atoms with Crippen LogP contribution in [0.5, 0.6) is 5.75 Å². The van der Waals surface area contributed by atoms with Crippen LogP contribution in [0.4, 0.5) is 4.79 Å². The van der Waals surface area contributed by atoms with Gasteiger partial charge in [-0.15, -0.1) is 0 Å². The third kappa shape index (κ3) is 4.62. The first-order valence-corrected chi connectivity index (χ1v) is 8.64. The average Bonchev–Trinajstić information content (AvgIpc) is 2.57. The van der Waals surface area contributed by atoms with Crippen molar-refractivity contribution >= 4 is 17.0 Å². The molecule has 0 aliphatic carbocycles. The highest BCUT2D eigenvalue weighted by molar-refractivity contribution is 5.89. The minimum absolute atomic E-state index is 0.306. The summed E-state index contributed by atoms with van der Waals surface area (Å²) in [5.74, 6) is 0.836. The molecule has 1 heterocycles. The van der Waals surface area contributed by atoms with Gasteiger partial charge in [-0.05, 0) is 50.8 Å². The van der Waals surface area contributed by atoms with E-state index in [0.717, 1.165) is 40.6 Å². The fourth-order valence-electron chi connectivity index (χ4n) is 2.77. The highest BCUT2D eigenvalue weighted by Crippen LogP contribution is 2.31. The molecule has 0 aliphatic rings. The van der Waals surface area contributed by atoms with E-state index >= 15 is 0 Å². The van der Waals surface area contributed by atoms with Crippen molar-refractivity contribution in [1.29, 1.82) is 0 Å². The monoisotopic (exact) mass is 344 g/mol. The Hall–Kier alpha value is -2.30. The number of fused-ring (bicyclic) bond motifs is 1. The minimum atomic E-state index is -0.489. The van der Waals surface area contributed by atoms with Gasteiger partial charge in [0.1, 0.15) is 16.9 Å². The lowest BCUT2D eigenvalue weighted by Crippen LogP contribution is -2.35. The van der Waals surface area contributed by atoms with Crippen molar-refractivity contribution in [3.63, 3.8) is 0 Å². The van der Waals surface area contributed by atoms with E-state index in [0.29, 0.717) is 6.54 Å². The highest BCUT2D eigenvalue weighted by atomic mass is 16.6. The third-order valence-electron chi connectivity index (χ3n) is 4.02. The van der Waals surface area contributed by atoms with Crippen molar-refractivity contribution in [2.24, 2.45) is 0 Å². The maximum atomic E-state index is 12.1. The number of amides is 1. The predicted octanol–water partition coefficient (Wildman–Crippen LogP) is 4.22. The molecule has 0 spiro atoms. The number of aromatic nitrogens is 1. The van der Waals surface area contributed by atoms with Crippen LogP contribution >= 0.6 is 0 Å². The van der Waals surface area contributed by atoms with Gasteiger partial charge >= 0.3 is 6.09 Å². The first-order chi connectivity index (χ1) is 11.8. The van der Waals surface area contributed by atoms with Gasteiger partial charge in [0.25, 0.3) is 0 Å². The van der Waals surface area contributed by atoms with E-state index in [1.807, 2.05) is 32.9 Å². The van der Waals surface area contributed by atoms with Gasteiger partial charge in [0.2, 0.25) is 0 Å². The van der Waals surface area contributed by atoms with Gasteiger partial charge in [0.05, 0.1) is 7.11 Å². The molecule has 1 aromatic heterocycles. The Kier molecular flexibility index (Phi) is 5.88. The lowest BCUT2D eigenvalue weighted by Gasteiger charge is -2.25. The molecule has 0 unspecified atom stereocenters. The SMILES string of the molecule is CCc1cc(CCN(C)C(=O)OC(C)(C)C)c2cccnc2c1OC. The molecule has 5 heteroatoms. The smallest absolute Gasteiger partial charge is 0.410 e. The number of nitrogens with zero attached hydrogens (tertiary/aromatic N) is 2. The molecule has 0 atom stereocenters. The molecule has 2 aromatic rings. The quantitative estimate of drug-likeness (QED) is 0.815. The molecule has 0 bridgehead atoms. The van der Waals surface area contributed by atoms with E-state index in [9.17, 15) is 4.79 Å². The van der Waals surface area contributed by atoms with Gasteiger partial charge in [-0.2, -0.15) is 0 Å². The normalized spacial score (nSPS) is 11.4. The molecule has 0 saturated heterocycles. The Morgan fingerprint density at radius 1 is 1.28 bits per heavy atom. The standard InChI is InChI=1S/C20H28N2O3/c1-7-14-13-15(10-12-22(5)19(23)25-20(2,3)4)16-9-8-11-21-17(16)18(14)24-6/h8-9,11,13H,7,10,12H2,1-6H3. The summed E-state index contributed by atoms with van der Waals surface area (Å²) in [5, 5.41) is 1.06.